The summed E-state index contributed by atoms with van der Waals surface area (Å²) in [4.78, 5) is 24.9. The minimum absolute atomic E-state index is 0.0258. The Labute approximate surface area is 164 Å². The van der Waals surface area contributed by atoms with Crippen molar-refractivity contribution in [2.45, 2.75) is 17.9 Å². The summed E-state index contributed by atoms with van der Waals surface area (Å²) in [7, 11) is 0. The highest BCUT2D eigenvalue weighted by molar-refractivity contribution is 8.00. The van der Waals surface area contributed by atoms with Gasteiger partial charge in [-0.2, -0.15) is 8.78 Å². The van der Waals surface area contributed by atoms with Gasteiger partial charge in [0.15, 0.2) is 11.5 Å². The van der Waals surface area contributed by atoms with E-state index in [-0.39, 0.29) is 17.1 Å². The summed E-state index contributed by atoms with van der Waals surface area (Å²) in [5, 5.41) is 2.26. The minimum atomic E-state index is -2.94. The van der Waals surface area contributed by atoms with Crippen molar-refractivity contribution in [3.63, 3.8) is 0 Å². The summed E-state index contributed by atoms with van der Waals surface area (Å²) in [6.45, 7) is -1.78. The highest BCUT2D eigenvalue weighted by atomic mass is 32.2. The predicted octanol–water partition coefficient (Wildman–Crippen LogP) is 3.50. The fourth-order valence-corrected chi connectivity index (χ4v) is 3.13. The number of nitrogens with one attached hydrogen (secondary N) is 1. The number of rotatable bonds is 6. The van der Waals surface area contributed by atoms with Crippen LogP contribution in [-0.2, 0) is 4.79 Å². The summed E-state index contributed by atoms with van der Waals surface area (Å²) < 4.78 is 39.6. The first-order chi connectivity index (χ1) is 13.5. The van der Waals surface area contributed by atoms with Crippen molar-refractivity contribution in [2.24, 2.45) is 0 Å². The van der Waals surface area contributed by atoms with Crippen LogP contribution in [-0.4, -0.2) is 37.4 Å². The molecule has 0 saturated heterocycles. The fraction of sp³-hybridized carbons (Fsp3) is 0.263. The molecule has 0 unspecified atom stereocenters. The fourth-order valence-electron chi connectivity index (χ4n) is 2.40. The normalized spacial score (nSPS) is 13.0. The van der Waals surface area contributed by atoms with Crippen LogP contribution in [0.5, 0.6) is 17.2 Å². The van der Waals surface area contributed by atoms with E-state index in [4.69, 9.17) is 9.47 Å². The molecule has 0 aliphatic carbocycles. The number of halogens is 2. The van der Waals surface area contributed by atoms with E-state index in [1.165, 1.54) is 36.0 Å². The number of imide groups is 1. The van der Waals surface area contributed by atoms with Crippen LogP contribution in [0.2, 0.25) is 0 Å². The summed E-state index contributed by atoms with van der Waals surface area (Å²) in [6.07, 6.45) is 0.802. The molecular formula is C19H17F2NO5S. The Balaban J connectivity index is 1.51. The molecule has 0 fully saturated rings. The van der Waals surface area contributed by atoms with Crippen LogP contribution in [0.25, 0.3) is 0 Å². The van der Waals surface area contributed by atoms with Gasteiger partial charge in [-0.05, 0) is 42.5 Å². The highest BCUT2D eigenvalue weighted by Gasteiger charge is 2.14. The molecule has 2 amide bonds. The van der Waals surface area contributed by atoms with Gasteiger partial charge >= 0.3 is 6.61 Å². The van der Waals surface area contributed by atoms with E-state index in [1.807, 2.05) is 6.07 Å². The molecule has 1 N–H and O–H groups in total. The van der Waals surface area contributed by atoms with Gasteiger partial charge < -0.3 is 14.2 Å². The summed E-state index contributed by atoms with van der Waals surface area (Å²) in [5.41, 5.74) is 0.163. The Kier molecular flexibility index (Phi) is 6.70. The quantitative estimate of drug-likeness (QED) is 0.737. The van der Waals surface area contributed by atoms with Gasteiger partial charge in [0.1, 0.15) is 5.75 Å². The zero-order valence-electron chi connectivity index (χ0n) is 14.7. The minimum Gasteiger partial charge on any atom is -0.490 e. The highest BCUT2D eigenvalue weighted by Crippen LogP contribution is 2.33. The van der Waals surface area contributed by atoms with Crippen molar-refractivity contribution < 1.29 is 32.6 Å². The third-order valence-corrected chi connectivity index (χ3v) is 4.68. The smallest absolute Gasteiger partial charge is 0.387 e. The maximum Gasteiger partial charge on any atom is 0.387 e. The monoisotopic (exact) mass is 409 g/mol. The van der Waals surface area contributed by atoms with E-state index in [2.05, 4.69) is 10.1 Å². The van der Waals surface area contributed by atoms with E-state index in [9.17, 15) is 18.4 Å². The molecule has 6 nitrogen and oxygen atoms in total. The molecule has 9 heteroatoms. The van der Waals surface area contributed by atoms with Gasteiger partial charge in [-0.15, -0.1) is 11.8 Å². The summed E-state index contributed by atoms with van der Waals surface area (Å²) >= 11 is 1.25. The van der Waals surface area contributed by atoms with Gasteiger partial charge in [-0.25, -0.2) is 0 Å². The topological polar surface area (TPSA) is 73.9 Å². The molecule has 28 heavy (non-hydrogen) atoms. The van der Waals surface area contributed by atoms with E-state index in [0.29, 0.717) is 24.7 Å². The molecule has 0 bridgehead atoms. The summed E-state index contributed by atoms with van der Waals surface area (Å²) in [5.74, 6) is 0.161. The summed E-state index contributed by atoms with van der Waals surface area (Å²) in [6, 6.07) is 10.5. The molecule has 0 aromatic heterocycles. The Hall–Kier alpha value is -2.81. The number of carbonyl (C=O) groups excluding carboxylic acids is 2. The van der Waals surface area contributed by atoms with Crippen LogP contribution < -0.4 is 19.5 Å². The third kappa shape index (κ3) is 5.59. The van der Waals surface area contributed by atoms with Crippen molar-refractivity contribution in [3.05, 3.63) is 48.0 Å². The average Bonchev–Trinajstić information content (AvgIpc) is 2.91. The first kappa shape index (κ1) is 19.9. The number of ether oxygens (including phenoxy) is 3. The number of fused-ring (bicyclic) bond motifs is 1. The molecule has 0 spiro atoms. The Bertz CT molecular complexity index is 845. The van der Waals surface area contributed by atoms with E-state index in [1.54, 1.807) is 12.1 Å². The Morgan fingerprint density at radius 1 is 1.07 bits per heavy atom. The second kappa shape index (κ2) is 9.41. The largest absolute Gasteiger partial charge is 0.490 e. The van der Waals surface area contributed by atoms with Crippen molar-refractivity contribution in [1.82, 2.24) is 5.32 Å². The zero-order valence-corrected chi connectivity index (χ0v) is 15.5. The van der Waals surface area contributed by atoms with Gasteiger partial charge in [0.2, 0.25) is 5.91 Å². The number of carbonyl (C=O) groups is 2. The van der Waals surface area contributed by atoms with Gasteiger partial charge in [-0.3, -0.25) is 14.9 Å². The third-order valence-electron chi connectivity index (χ3n) is 3.68. The molecule has 1 heterocycles. The molecule has 0 saturated carbocycles. The lowest BCUT2D eigenvalue weighted by Crippen LogP contribution is -2.31. The zero-order chi connectivity index (χ0) is 19.9. The van der Waals surface area contributed by atoms with Crippen molar-refractivity contribution in [3.8, 4) is 17.2 Å². The lowest BCUT2D eigenvalue weighted by molar-refractivity contribution is -0.117. The molecule has 1 aliphatic heterocycles. The van der Waals surface area contributed by atoms with Crippen molar-refractivity contribution in [2.75, 3.05) is 19.0 Å². The van der Waals surface area contributed by atoms with Gasteiger partial charge in [0.25, 0.3) is 5.91 Å². The predicted molar refractivity (Wildman–Crippen MR) is 98.3 cm³/mol. The van der Waals surface area contributed by atoms with E-state index in [0.717, 1.165) is 11.3 Å². The number of alkyl halides is 2. The molecule has 2 aromatic rings. The number of benzene rings is 2. The molecule has 1 aliphatic rings. The second-order valence-electron chi connectivity index (χ2n) is 5.73. The van der Waals surface area contributed by atoms with Crippen molar-refractivity contribution in [1.29, 1.82) is 0 Å². The number of hydrogen-bond acceptors (Lipinski definition) is 6. The molecule has 148 valence electrons. The number of hydrogen-bond donors (Lipinski definition) is 1. The molecule has 0 radical (unpaired) electrons. The molecule has 3 rings (SSSR count). The standard InChI is InChI=1S/C19H17F2NO5S/c20-19(21)27-13-4-2-12(3-5-13)18(24)22-17(23)11-28-14-6-7-15-16(10-14)26-9-1-8-25-15/h2-7,10,19H,1,8-9,11H2,(H,22,23,24). The van der Waals surface area contributed by atoms with Crippen LogP contribution in [0.4, 0.5) is 8.78 Å². The molecular weight excluding hydrogens is 392 g/mol. The Morgan fingerprint density at radius 3 is 2.50 bits per heavy atom. The number of amides is 2. The van der Waals surface area contributed by atoms with Crippen LogP contribution in [0.3, 0.4) is 0 Å². The van der Waals surface area contributed by atoms with Crippen LogP contribution in [0.1, 0.15) is 16.8 Å². The lowest BCUT2D eigenvalue weighted by Gasteiger charge is -2.09. The maximum atomic E-state index is 12.1. The lowest BCUT2D eigenvalue weighted by atomic mass is 10.2. The van der Waals surface area contributed by atoms with Crippen LogP contribution in [0.15, 0.2) is 47.4 Å². The van der Waals surface area contributed by atoms with Gasteiger partial charge in [0.05, 0.1) is 19.0 Å². The van der Waals surface area contributed by atoms with Crippen molar-refractivity contribution >= 4 is 23.6 Å². The van der Waals surface area contributed by atoms with Gasteiger partial charge in [-0.1, -0.05) is 0 Å². The number of thioether (sulfide) groups is 1. The SMILES string of the molecule is O=C(CSc1ccc2c(c1)OCCCO2)NC(=O)c1ccc(OC(F)F)cc1. The Morgan fingerprint density at radius 2 is 1.79 bits per heavy atom. The molecule has 0 atom stereocenters. The van der Waals surface area contributed by atoms with Crippen LogP contribution >= 0.6 is 11.8 Å². The second-order valence-corrected chi connectivity index (χ2v) is 6.78. The van der Waals surface area contributed by atoms with Crippen LogP contribution in [0, 0.1) is 0 Å². The molecule has 2 aromatic carbocycles. The average molecular weight is 409 g/mol. The van der Waals surface area contributed by atoms with Gasteiger partial charge in [0, 0.05) is 16.9 Å². The van der Waals surface area contributed by atoms with E-state index >= 15 is 0 Å². The van der Waals surface area contributed by atoms with E-state index < -0.39 is 18.4 Å². The first-order valence-electron chi connectivity index (χ1n) is 8.43. The first-order valence-corrected chi connectivity index (χ1v) is 9.41. The maximum absolute atomic E-state index is 12.1.